The van der Waals surface area contributed by atoms with Gasteiger partial charge in [-0.2, -0.15) is 0 Å². The number of benzene rings is 1. The second-order valence-electron chi connectivity index (χ2n) is 11.3. The normalized spacial score (nSPS) is 37.9. The quantitative estimate of drug-likeness (QED) is 0.241. The fourth-order valence-electron chi connectivity index (χ4n) is 6.88. The van der Waals surface area contributed by atoms with Crippen LogP contribution < -0.4 is 5.32 Å². The number of hydrogen-bond acceptors (Lipinski definition) is 6. The highest BCUT2D eigenvalue weighted by Gasteiger charge is 2.67. The molecule has 1 amide bonds. The number of rotatable bonds is 4. The molecule has 200 valence electrons. The Labute approximate surface area is 219 Å². The van der Waals surface area contributed by atoms with Crippen molar-refractivity contribution in [3.05, 3.63) is 71.3 Å². The van der Waals surface area contributed by atoms with Crippen LogP contribution in [0.25, 0.3) is 0 Å². The molecule has 1 aromatic carbocycles. The standard InChI is InChI=1S/C30H39NO6/c1-18-10-9-13-23-27(37-35)20(3)19(2)26-24(16-22-11-7-6-8-12-22)31-28(33)30(23,26)25(36-21(4)32)14-15-29(5,34)17-18/h6-9,11-15,18,23-27,34-35H,10,16-17H2,1-5H3,(H,31,33). The number of carbonyl (C=O) groups excluding carboxylic acids is 2. The van der Waals surface area contributed by atoms with Gasteiger partial charge in [-0.15, -0.1) is 0 Å². The third-order valence-electron chi connectivity index (χ3n) is 8.47. The molecule has 1 aromatic rings. The van der Waals surface area contributed by atoms with Crippen molar-refractivity contribution in [3.8, 4) is 0 Å². The first-order valence-corrected chi connectivity index (χ1v) is 13.1. The largest absolute Gasteiger partial charge is 0.457 e. The number of carbonyl (C=O) groups is 2. The van der Waals surface area contributed by atoms with Crippen LogP contribution in [0.4, 0.5) is 0 Å². The average Bonchev–Trinajstić information content (AvgIpc) is 3.11. The van der Waals surface area contributed by atoms with Gasteiger partial charge in [-0.05, 0) is 63.2 Å². The number of nitrogens with one attached hydrogen (secondary N) is 1. The van der Waals surface area contributed by atoms with Crippen LogP contribution in [-0.4, -0.2) is 46.1 Å². The lowest BCUT2D eigenvalue weighted by molar-refractivity contribution is -0.288. The molecule has 1 aliphatic heterocycles. The molecule has 8 unspecified atom stereocenters. The smallest absolute Gasteiger partial charge is 0.303 e. The summed E-state index contributed by atoms with van der Waals surface area (Å²) in [6.45, 7) is 8.99. The maximum Gasteiger partial charge on any atom is 0.303 e. The van der Waals surface area contributed by atoms with Crippen molar-refractivity contribution >= 4 is 11.9 Å². The molecule has 7 heteroatoms. The number of esters is 1. The second kappa shape index (κ2) is 10.6. The fraction of sp³-hybridized carbons (Fsp3) is 0.533. The minimum atomic E-state index is -1.29. The van der Waals surface area contributed by atoms with Gasteiger partial charge in [0.25, 0.3) is 0 Å². The highest BCUT2D eigenvalue weighted by atomic mass is 17.1. The van der Waals surface area contributed by atoms with Gasteiger partial charge in [0, 0.05) is 24.8 Å². The fourth-order valence-corrected chi connectivity index (χ4v) is 6.88. The van der Waals surface area contributed by atoms with Crippen molar-refractivity contribution in [2.45, 2.75) is 77.7 Å². The second-order valence-corrected chi connectivity index (χ2v) is 11.3. The van der Waals surface area contributed by atoms with Crippen molar-refractivity contribution < 1.29 is 29.6 Å². The molecule has 1 fully saturated rings. The van der Waals surface area contributed by atoms with Gasteiger partial charge in [0.1, 0.15) is 17.6 Å². The number of allylic oxidation sites excluding steroid dienone is 1. The first kappa shape index (κ1) is 27.3. The number of ether oxygens (including phenoxy) is 1. The number of amides is 1. The number of aliphatic hydroxyl groups is 1. The van der Waals surface area contributed by atoms with E-state index < -0.39 is 35.1 Å². The van der Waals surface area contributed by atoms with E-state index in [1.54, 1.807) is 19.1 Å². The predicted octanol–water partition coefficient (Wildman–Crippen LogP) is 4.38. The van der Waals surface area contributed by atoms with E-state index in [4.69, 9.17) is 9.62 Å². The minimum Gasteiger partial charge on any atom is -0.457 e. The first-order chi connectivity index (χ1) is 17.5. The van der Waals surface area contributed by atoms with Crippen molar-refractivity contribution in [2.24, 2.45) is 23.2 Å². The first-order valence-electron chi connectivity index (χ1n) is 13.1. The molecule has 3 aliphatic rings. The van der Waals surface area contributed by atoms with E-state index in [0.717, 1.165) is 16.7 Å². The lowest BCUT2D eigenvalue weighted by atomic mass is 9.54. The molecule has 7 nitrogen and oxygen atoms in total. The Balaban J connectivity index is 1.97. The Bertz CT molecular complexity index is 1110. The zero-order chi connectivity index (χ0) is 27.0. The third kappa shape index (κ3) is 5.05. The zero-order valence-corrected chi connectivity index (χ0v) is 22.3. The van der Waals surface area contributed by atoms with E-state index in [1.807, 2.05) is 56.3 Å². The van der Waals surface area contributed by atoms with Crippen LogP contribution in [-0.2, 0) is 25.6 Å². The van der Waals surface area contributed by atoms with Crippen LogP contribution in [0.1, 0.15) is 53.0 Å². The molecule has 0 aromatic heterocycles. The molecule has 2 aliphatic carbocycles. The molecule has 0 radical (unpaired) electrons. The summed E-state index contributed by atoms with van der Waals surface area (Å²) in [6.07, 6.45) is 7.24. The molecule has 37 heavy (non-hydrogen) atoms. The SMILES string of the molecule is CC(=O)OC1C=CC(C)(O)CC(C)CC=CC2C(OO)C(C)=C(C)C3C(Cc4ccccc4)NC(=O)C123. The summed E-state index contributed by atoms with van der Waals surface area (Å²) < 4.78 is 5.91. The Morgan fingerprint density at radius 2 is 1.86 bits per heavy atom. The van der Waals surface area contributed by atoms with Crippen LogP contribution in [0.2, 0.25) is 0 Å². The van der Waals surface area contributed by atoms with E-state index in [2.05, 4.69) is 12.2 Å². The Hall–Kier alpha value is -2.74. The van der Waals surface area contributed by atoms with Crippen molar-refractivity contribution in [2.75, 3.05) is 0 Å². The van der Waals surface area contributed by atoms with Gasteiger partial charge in [0.2, 0.25) is 5.91 Å². The van der Waals surface area contributed by atoms with Gasteiger partial charge in [-0.25, -0.2) is 4.89 Å². The molecule has 1 saturated heterocycles. The zero-order valence-electron chi connectivity index (χ0n) is 22.3. The average molecular weight is 510 g/mol. The highest BCUT2D eigenvalue weighted by molar-refractivity contribution is 5.89. The van der Waals surface area contributed by atoms with Crippen LogP contribution in [0, 0.1) is 23.2 Å². The molecule has 0 bridgehead atoms. The molecule has 4 rings (SSSR count). The van der Waals surface area contributed by atoms with E-state index in [0.29, 0.717) is 19.3 Å². The van der Waals surface area contributed by atoms with Crippen LogP contribution in [0.3, 0.4) is 0 Å². The third-order valence-corrected chi connectivity index (χ3v) is 8.47. The van der Waals surface area contributed by atoms with Crippen molar-refractivity contribution in [1.29, 1.82) is 0 Å². The van der Waals surface area contributed by atoms with Crippen LogP contribution in [0.5, 0.6) is 0 Å². The summed E-state index contributed by atoms with van der Waals surface area (Å²) >= 11 is 0. The molecule has 0 saturated carbocycles. The Morgan fingerprint density at radius 1 is 1.16 bits per heavy atom. The van der Waals surface area contributed by atoms with Crippen molar-refractivity contribution in [1.82, 2.24) is 5.32 Å². The van der Waals surface area contributed by atoms with Gasteiger partial charge in [0.15, 0.2) is 0 Å². The van der Waals surface area contributed by atoms with Gasteiger partial charge in [-0.3, -0.25) is 14.8 Å². The summed E-state index contributed by atoms with van der Waals surface area (Å²) in [5.74, 6) is -1.59. The Morgan fingerprint density at radius 3 is 2.51 bits per heavy atom. The molecular weight excluding hydrogens is 470 g/mol. The van der Waals surface area contributed by atoms with Gasteiger partial charge in [0.05, 0.1) is 5.60 Å². The topological polar surface area (TPSA) is 105 Å². The summed E-state index contributed by atoms with van der Waals surface area (Å²) in [7, 11) is 0. The number of hydrogen-bond donors (Lipinski definition) is 3. The van der Waals surface area contributed by atoms with E-state index >= 15 is 0 Å². The van der Waals surface area contributed by atoms with Crippen molar-refractivity contribution in [3.63, 3.8) is 0 Å². The maximum absolute atomic E-state index is 14.3. The monoisotopic (exact) mass is 509 g/mol. The molecule has 1 spiro atoms. The predicted molar refractivity (Wildman–Crippen MR) is 140 cm³/mol. The summed E-state index contributed by atoms with van der Waals surface area (Å²) in [5.41, 5.74) is 0.407. The molecular formula is C30H39NO6. The molecule has 8 atom stereocenters. The van der Waals surface area contributed by atoms with Crippen LogP contribution in [0.15, 0.2) is 65.8 Å². The lowest BCUT2D eigenvalue weighted by Gasteiger charge is -2.49. The van der Waals surface area contributed by atoms with Gasteiger partial charge >= 0.3 is 5.97 Å². The Kier molecular flexibility index (Phi) is 7.79. The summed E-state index contributed by atoms with van der Waals surface area (Å²) in [6, 6.07) is 9.69. The van der Waals surface area contributed by atoms with E-state index in [-0.39, 0.29) is 23.8 Å². The van der Waals surface area contributed by atoms with Crippen LogP contribution >= 0.6 is 0 Å². The molecule has 1 heterocycles. The maximum atomic E-state index is 14.3. The summed E-state index contributed by atoms with van der Waals surface area (Å²) in [5, 5.41) is 24.5. The van der Waals surface area contributed by atoms with E-state index in [9.17, 15) is 20.0 Å². The summed E-state index contributed by atoms with van der Waals surface area (Å²) in [4.78, 5) is 31.7. The highest BCUT2D eigenvalue weighted by Crippen LogP contribution is 2.57. The molecule has 3 N–H and O–H groups in total. The van der Waals surface area contributed by atoms with Gasteiger partial charge < -0.3 is 15.2 Å². The van der Waals surface area contributed by atoms with Gasteiger partial charge in [-0.1, -0.05) is 61.1 Å². The minimum absolute atomic E-state index is 0.159. The lowest BCUT2D eigenvalue weighted by Crippen LogP contribution is -2.58. The van der Waals surface area contributed by atoms with E-state index in [1.165, 1.54) is 6.92 Å².